The second-order valence-electron chi connectivity index (χ2n) is 2.27. The van der Waals surface area contributed by atoms with Crippen molar-refractivity contribution >= 4 is 27.5 Å². The fourth-order valence-electron chi connectivity index (χ4n) is 0.903. The molecule has 54 valence electrons. The Labute approximate surface area is 68.8 Å². The van der Waals surface area contributed by atoms with Crippen molar-refractivity contribution in [1.82, 2.24) is 0 Å². The van der Waals surface area contributed by atoms with Crippen molar-refractivity contribution < 1.29 is 4.74 Å². The molecule has 1 rings (SSSR count). The average molecular weight is 214 g/mol. The molecule has 9 heavy (non-hydrogen) atoms. The Morgan fingerprint density at radius 1 is 1.44 bits per heavy atom. The predicted octanol–water partition coefficient (Wildman–Crippen LogP) is 2.86. The van der Waals surface area contributed by atoms with Gasteiger partial charge in [0.05, 0.1) is 0 Å². The van der Waals surface area contributed by atoms with Crippen molar-refractivity contribution in [2.24, 2.45) is 0 Å². The minimum atomic E-state index is -0.415. The Hall–Kier alpha value is 0.730. The summed E-state index contributed by atoms with van der Waals surface area (Å²) < 4.78 is 5.05. The second-order valence-corrected chi connectivity index (χ2v) is 4.16. The van der Waals surface area contributed by atoms with Gasteiger partial charge in [0.15, 0.2) is 9.57 Å². The standard InChI is InChI=1S/C6H10BrClO/c1-3-5(7)6(8,4-2)9-5/h3-4H2,1-2H3. The molecule has 0 radical (unpaired) electrons. The number of rotatable bonds is 2. The maximum absolute atomic E-state index is 5.97. The quantitative estimate of drug-likeness (QED) is 0.508. The van der Waals surface area contributed by atoms with Crippen LogP contribution in [0.4, 0.5) is 0 Å². The molecule has 0 bridgehead atoms. The number of hydrogen-bond donors (Lipinski definition) is 0. The summed E-state index contributed by atoms with van der Waals surface area (Å²) in [7, 11) is 0. The molecule has 2 atom stereocenters. The van der Waals surface area contributed by atoms with Crippen molar-refractivity contribution in [2.75, 3.05) is 0 Å². The van der Waals surface area contributed by atoms with E-state index in [0.29, 0.717) is 0 Å². The SMILES string of the molecule is CCC1(Cl)OC1(Br)CC. The third-order valence-corrected chi connectivity index (χ3v) is 3.99. The zero-order chi connectivity index (χ0) is 7.12. The summed E-state index contributed by atoms with van der Waals surface area (Å²) in [6.07, 6.45) is 1.78. The van der Waals surface area contributed by atoms with Gasteiger partial charge in [-0.05, 0) is 28.8 Å². The Balaban J connectivity index is 2.54. The summed E-state index contributed by atoms with van der Waals surface area (Å²) in [4.78, 5) is 0. The van der Waals surface area contributed by atoms with E-state index in [1.807, 2.05) is 6.92 Å². The average Bonchev–Trinajstić information content (AvgIpc) is 2.39. The molecule has 0 N–H and O–H groups in total. The molecule has 1 saturated heterocycles. The van der Waals surface area contributed by atoms with Gasteiger partial charge in [0.2, 0.25) is 0 Å². The lowest BCUT2D eigenvalue weighted by atomic mass is 10.2. The van der Waals surface area contributed by atoms with Gasteiger partial charge in [0.25, 0.3) is 0 Å². The summed E-state index contributed by atoms with van der Waals surface area (Å²) in [6.45, 7) is 4.07. The van der Waals surface area contributed by atoms with E-state index in [1.54, 1.807) is 0 Å². The van der Waals surface area contributed by atoms with Crippen LogP contribution in [0, 0.1) is 0 Å². The first-order valence-electron chi connectivity index (χ1n) is 3.16. The normalized spacial score (nSPS) is 49.3. The second kappa shape index (κ2) is 2.11. The van der Waals surface area contributed by atoms with Crippen molar-refractivity contribution in [3.8, 4) is 0 Å². The molecule has 0 aromatic heterocycles. The molecular formula is C6H10BrClO. The van der Waals surface area contributed by atoms with E-state index in [2.05, 4.69) is 22.9 Å². The number of ether oxygens (including phenoxy) is 1. The van der Waals surface area contributed by atoms with Crippen LogP contribution in [0.15, 0.2) is 0 Å². The minimum Gasteiger partial charge on any atom is -0.334 e. The summed E-state index contributed by atoms with van der Waals surface area (Å²) >= 11 is 9.38. The van der Waals surface area contributed by atoms with E-state index in [1.165, 1.54) is 0 Å². The largest absolute Gasteiger partial charge is 0.334 e. The highest BCUT2D eigenvalue weighted by Crippen LogP contribution is 2.59. The van der Waals surface area contributed by atoms with Gasteiger partial charge in [-0.2, -0.15) is 0 Å². The van der Waals surface area contributed by atoms with E-state index in [9.17, 15) is 0 Å². The number of halogens is 2. The van der Waals surface area contributed by atoms with Crippen LogP contribution in [-0.2, 0) is 4.74 Å². The van der Waals surface area contributed by atoms with Gasteiger partial charge in [-0.1, -0.05) is 25.4 Å². The van der Waals surface area contributed by atoms with Gasteiger partial charge in [0, 0.05) is 0 Å². The highest BCUT2D eigenvalue weighted by Gasteiger charge is 2.65. The lowest BCUT2D eigenvalue weighted by molar-refractivity contribution is 0.334. The smallest absolute Gasteiger partial charge is 0.182 e. The van der Waals surface area contributed by atoms with Crippen LogP contribution in [0.2, 0.25) is 0 Å². The van der Waals surface area contributed by atoms with Crippen LogP contribution in [0.25, 0.3) is 0 Å². The monoisotopic (exact) mass is 212 g/mol. The van der Waals surface area contributed by atoms with Crippen LogP contribution < -0.4 is 0 Å². The van der Waals surface area contributed by atoms with E-state index in [0.717, 1.165) is 12.8 Å². The van der Waals surface area contributed by atoms with Crippen LogP contribution >= 0.6 is 27.5 Å². The summed E-state index contributed by atoms with van der Waals surface area (Å²) in [6, 6.07) is 0. The van der Waals surface area contributed by atoms with Gasteiger partial charge in [-0.25, -0.2) is 0 Å². The topological polar surface area (TPSA) is 12.5 Å². The van der Waals surface area contributed by atoms with Gasteiger partial charge >= 0.3 is 0 Å². The molecule has 1 fully saturated rings. The van der Waals surface area contributed by atoms with E-state index in [-0.39, 0.29) is 4.51 Å². The van der Waals surface area contributed by atoms with Crippen molar-refractivity contribution in [1.29, 1.82) is 0 Å². The first-order valence-corrected chi connectivity index (χ1v) is 4.33. The molecule has 1 heterocycles. The number of hydrogen-bond acceptors (Lipinski definition) is 1. The Bertz CT molecular complexity index is 116. The maximum atomic E-state index is 5.97. The predicted molar refractivity (Wildman–Crippen MR) is 41.9 cm³/mol. The maximum Gasteiger partial charge on any atom is 0.182 e. The molecule has 2 unspecified atom stereocenters. The van der Waals surface area contributed by atoms with Crippen LogP contribution in [0.1, 0.15) is 26.7 Å². The molecule has 0 aromatic rings. The van der Waals surface area contributed by atoms with Crippen molar-refractivity contribution in [3.63, 3.8) is 0 Å². The molecule has 0 saturated carbocycles. The Morgan fingerprint density at radius 2 is 2.00 bits per heavy atom. The lowest BCUT2D eigenvalue weighted by Gasteiger charge is -2.01. The molecule has 0 aliphatic carbocycles. The zero-order valence-electron chi connectivity index (χ0n) is 5.58. The van der Waals surface area contributed by atoms with Crippen LogP contribution in [0.5, 0.6) is 0 Å². The van der Waals surface area contributed by atoms with Crippen LogP contribution in [-0.4, -0.2) is 9.57 Å². The van der Waals surface area contributed by atoms with E-state index < -0.39 is 5.06 Å². The first kappa shape index (κ1) is 7.83. The van der Waals surface area contributed by atoms with Gasteiger partial charge < -0.3 is 4.74 Å². The summed E-state index contributed by atoms with van der Waals surface area (Å²) in [5.74, 6) is 0. The zero-order valence-corrected chi connectivity index (χ0v) is 7.92. The molecule has 1 aliphatic heterocycles. The molecule has 0 amide bonds. The van der Waals surface area contributed by atoms with Gasteiger partial charge in [0.1, 0.15) is 0 Å². The Morgan fingerprint density at radius 3 is 2.11 bits per heavy atom. The van der Waals surface area contributed by atoms with Crippen molar-refractivity contribution in [2.45, 2.75) is 36.3 Å². The summed E-state index contributed by atoms with van der Waals surface area (Å²) in [5.41, 5.74) is 0. The molecule has 1 nitrogen and oxygen atoms in total. The third-order valence-electron chi connectivity index (χ3n) is 1.75. The van der Waals surface area contributed by atoms with Gasteiger partial charge in [-0.3, -0.25) is 0 Å². The lowest BCUT2D eigenvalue weighted by Crippen LogP contribution is -2.11. The number of alkyl halides is 2. The molecule has 1 aliphatic rings. The van der Waals surface area contributed by atoms with Gasteiger partial charge in [-0.15, -0.1) is 0 Å². The molecular weight excluding hydrogens is 203 g/mol. The molecule has 0 aromatic carbocycles. The Kier molecular flexibility index (Phi) is 1.83. The molecule has 0 spiro atoms. The molecule has 3 heteroatoms. The minimum absolute atomic E-state index is 0.226. The third kappa shape index (κ3) is 1.02. The van der Waals surface area contributed by atoms with E-state index >= 15 is 0 Å². The fraction of sp³-hybridized carbons (Fsp3) is 1.00. The van der Waals surface area contributed by atoms with E-state index in [4.69, 9.17) is 16.3 Å². The van der Waals surface area contributed by atoms with Crippen molar-refractivity contribution in [3.05, 3.63) is 0 Å². The highest BCUT2D eigenvalue weighted by molar-refractivity contribution is 9.10. The van der Waals surface area contributed by atoms with Crippen LogP contribution in [0.3, 0.4) is 0 Å². The fourth-order valence-corrected chi connectivity index (χ4v) is 1.82. The highest BCUT2D eigenvalue weighted by atomic mass is 79.9. The first-order chi connectivity index (χ1) is 4.08. The number of epoxide rings is 1. The summed E-state index contributed by atoms with van der Waals surface area (Å²) in [5, 5.41) is -0.415.